The van der Waals surface area contributed by atoms with Gasteiger partial charge in [0.05, 0.1) is 0 Å². The lowest BCUT2D eigenvalue weighted by Gasteiger charge is -2.36. The molecule has 6 nitrogen and oxygen atoms in total. The highest BCUT2D eigenvalue weighted by Crippen LogP contribution is 2.37. The predicted octanol–water partition coefficient (Wildman–Crippen LogP) is 6.11. The number of carbonyl (C=O) groups excluding carboxylic acids is 1. The second-order valence-corrected chi connectivity index (χ2v) is 13.4. The summed E-state index contributed by atoms with van der Waals surface area (Å²) < 4.78 is 22.0. The molecular formula is C23H33NO5Si. The molecule has 0 bridgehead atoms. The number of anilines is 1. The van der Waals surface area contributed by atoms with E-state index in [1.54, 1.807) is 26.4 Å². The van der Waals surface area contributed by atoms with E-state index in [0.717, 1.165) is 16.9 Å². The zero-order chi connectivity index (χ0) is 22.4. The van der Waals surface area contributed by atoms with E-state index in [-0.39, 0.29) is 11.6 Å². The van der Waals surface area contributed by atoms with Crippen molar-refractivity contribution in [3.63, 3.8) is 0 Å². The maximum Gasteiger partial charge on any atom is 0.411 e. The summed E-state index contributed by atoms with van der Waals surface area (Å²) in [6.07, 6.45) is -0.950. The Kier molecular flexibility index (Phi) is 8.06. The van der Waals surface area contributed by atoms with Gasteiger partial charge in [0.25, 0.3) is 0 Å². The predicted molar refractivity (Wildman–Crippen MR) is 121 cm³/mol. The highest BCUT2D eigenvalue weighted by Gasteiger charge is 2.38. The molecule has 30 heavy (non-hydrogen) atoms. The monoisotopic (exact) mass is 431 g/mol. The fourth-order valence-electron chi connectivity index (χ4n) is 2.50. The van der Waals surface area contributed by atoms with E-state index < -0.39 is 20.7 Å². The third kappa shape index (κ3) is 6.58. The average molecular weight is 432 g/mol. The SMILES string of the molecule is COC(OC)c1ccc(NC(=O)OCc2ccc(O[Si](C)(C)C(C)(C)C)cc2)cc1. The van der Waals surface area contributed by atoms with Crippen molar-refractivity contribution in [3.8, 4) is 5.75 Å². The van der Waals surface area contributed by atoms with E-state index in [9.17, 15) is 4.79 Å². The van der Waals surface area contributed by atoms with Gasteiger partial charge in [-0.15, -0.1) is 0 Å². The number of rotatable bonds is 8. The van der Waals surface area contributed by atoms with Crippen molar-refractivity contribution in [2.45, 2.75) is 51.8 Å². The van der Waals surface area contributed by atoms with E-state index >= 15 is 0 Å². The largest absolute Gasteiger partial charge is 0.544 e. The van der Waals surface area contributed by atoms with Crippen molar-refractivity contribution in [2.75, 3.05) is 19.5 Å². The molecule has 2 aromatic rings. The van der Waals surface area contributed by atoms with Gasteiger partial charge >= 0.3 is 6.09 Å². The van der Waals surface area contributed by atoms with Crippen molar-refractivity contribution in [1.29, 1.82) is 0 Å². The molecule has 0 saturated carbocycles. The Morgan fingerprint density at radius 1 is 0.967 bits per heavy atom. The molecule has 7 heteroatoms. The van der Waals surface area contributed by atoms with Crippen LogP contribution in [0.15, 0.2) is 48.5 Å². The normalized spacial score (nSPS) is 12.0. The van der Waals surface area contributed by atoms with Crippen LogP contribution in [-0.2, 0) is 20.8 Å². The summed E-state index contributed by atoms with van der Waals surface area (Å²) in [5.41, 5.74) is 2.39. The van der Waals surface area contributed by atoms with Crippen LogP contribution >= 0.6 is 0 Å². The Balaban J connectivity index is 1.86. The molecule has 2 aromatic carbocycles. The number of amides is 1. The first-order valence-electron chi connectivity index (χ1n) is 9.93. The highest BCUT2D eigenvalue weighted by molar-refractivity contribution is 6.74. The summed E-state index contributed by atoms with van der Waals surface area (Å²) in [5.74, 6) is 0.848. The second kappa shape index (κ2) is 10.1. The Morgan fingerprint density at radius 2 is 1.53 bits per heavy atom. The molecule has 0 atom stereocenters. The van der Waals surface area contributed by atoms with Crippen molar-refractivity contribution in [3.05, 3.63) is 59.7 Å². The van der Waals surface area contributed by atoms with Gasteiger partial charge in [-0.1, -0.05) is 45.0 Å². The molecule has 0 radical (unpaired) electrons. The van der Waals surface area contributed by atoms with Crippen LogP contribution in [0.5, 0.6) is 5.75 Å². The highest BCUT2D eigenvalue weighted by atomic mass is 28.4. The molecule has 0 aliphatic carbocycles. The van der Waals surface area contributed by atoms with Gasteiger partial charge in [0.15, 0.2) is 6.29 Å². The van der Waals surface area contributed by atoms with Crippen LogP contribution in [0.1, 0.15) is 38.2 Å². The molecule has 1 N–H and O–H groups in total. The summed E-state index contributed by atoms with van der Waals surface area (Å²) in [6, 6.07) is 14.9. The molecule has 0 spiro atoms. The lowest BCUT2D eigenvalue weighted by molar-refractivity contribution is -0.106. The van der Waals surface area contributed by atoms with Crippen LogP contribution in [0, 0.1) is 0 Å². The van der Waals surface area contributed by atoms with Crippen LogP contribution in [0.2, 0.25) is 18.1 Å². The van der Waals surface area contributed by atoms with Gasteiger partial charge < -0.3 is 18.6 Å². The van der Waals surface area contributed by atoms with E-state index in [1.807, 2.05) is 36.4 Å². The van der Waals surface area contributed by atoms with Gasteiger partial charge in [-0.2, -0.15) is 0 Å². The van der Waals surface area contributed by atoms with E-state index in [1.165, 1.54) is 0 Å². The van der Waals surface area contributed by atoms with Gasteiger partial charge in [0.1, 0.15) is 12.4 Å². The minimum Gasteiger partial charge on any atom is -0.544 e. The summed E-state index contributed by atoms with van der Waals surface area (Å²) in [4.78, 5) is 12.1. The standard InChI is InChI=1S/C23H33NO5Si/c1-23(2,3)30(6,7)29-20-14-8-17(9-15-20)16-28-22(25)24-19-12-10-18(11-13-19)21(26-4)27-5/h8-15,21H,16H2,1-7H3,(H,24,25). The Morgan fingerprint density at radius 3 is 2.03 bits per heavy atom. The molecular weight excluding hydrogens is 398 g/mol. The first kappa shape index (κ1) is 23.9. The summed E-state index contributed by atoms with van der Waals surface area (Å²) in [6.45, 7) is 11.2. The van der Waals surface area contributed by atoms with Crippen molar-refractivity contribution in [1.82, 2.24) is 0 Å². The fourth-order valence-corrected chi connectivity index (χ4v) is 3.53. The number of nitrogens with one attached hydrogen (secondary N) is 1. The Hall–Kier alpha value is -2.35. The number of methoxy groups -OCH3 is 2. The van der Waals surface area contributed by atoms with Gasteiger partial charge in [0.2, 0.25) is 8.32 Å². The maximum absolute atomic E-state index is 12.1. The van der Waals surface area contributed by atoms with Crippen molar-refractivity contribution in [2.24, 2.45) is 0 Å². The molecule has 0 fully saturated rings. The molecule has 164 valence electrons. The molecule has 0 saturated heterocycles. The Labute approximate surface area is 180 Å². The Bertz CT molecular complexity index is 809. The smallest absolute Gasteiger partial charge is 0.411 e. The van der Waals surface area contributed by atoms with E-state index in [0.29, 0.717) is 5.69 Å². The number of benzene rings is 2. The summed E-state index contributed by atoms with van der Waals surface area (Å²) in [5, 5.41) is 2.85. The number of carbonyl (C=O) groups is 1. The van der Waals surface area contributed by atoms with Crippen molar-refractivity contribution < 1.29 is 23.4 Å². The van der Waals surface area contributed by atoms with Crippen LogP contribution in [-0.4, -0.2) is 28.6 Å². The molecule has 0 aliphatic rings. The molecule has 0 aromatic heterocycles. The van der Waals surface area contributed by atoms with Crippen molar-refractivity contribution >= 4 is 20.1 Å². The quantitative estimate of drug-likeness (QED) is 0.403. The minimum atomic E-state index is -1.87. The number of hydrogen-bond acceptors (Lipinski definition) is 5. The molecule has 2 rings (SSSR count). The van der Waals surface area contributed by atoms with Crippen LogP contribution in [0.25, 0.3) is 0 Å². The first-order valence-corrected chi connectivity index (χ1v) is 12.8. The summed E-state index contributed by atoms with van der Waals surface area (Å²) >= 11 is 0. The van der Waals surface area contributed by atoms with Gasteiger partial charge in [-0.3, -0.25) is 5.32 Å². The fraction of sp³-hybridized carbons (Fsp3) is 0.435. The summed E-state index contributed by atoms with van der Waals surface area (Å²) in [7, 11) is 1.28. The number of hydrogen-bond donors (Lipinski definition) is 1. The topological polar surface area (TPSA) is 66.0 Å². The second-order valence-electron chi connectivity index (χ2n) is 8.63. The van der Waals surface area contributed by atoms with Crippen LogP contribution < -0.4 is 9.74 Å². The van der Waals surface area contributed by atoms with Crippen LogP contribution in [0.3, 0.4) is 0 Å². The van der Waals surface area contributed by atoms with Crippen LogP contribution in [0.4, 0.5) is 10.5 Å². The zero-order valence-electron chi connectivity index (χ0n) is 18.9. The molecule has 0 unspecified atom stereocenters. The molecule has 0 aliphatic heterocycles. The van der Waals surface area contributed by atoms with Gasteiger partial charge in [0, 0.05) is 25.5 Å². The average Bonchev–Trinajstić information content (AvgIpc) is 2.68. The lowest BCUT2D eigenvalue weighted by atomic mass is 10.2. The number of ether oxygens (including phenoxy) is 3. The zero-order valence-corrected chi connectivity index (χ0v) is 19.9. The third-order valence-corrected chi connectivity index (χ3v) is 9.69. The first-order chi connectivity index (χ1) is 14.1. The minimum absolute atomic E-state index is 0.138. The molecule has 1 amide bonds. The van der Waals surface area contributed by atoms with Gasteiger partial charge in [-0.25, -0.2) is 4.79 Å². The van der Waals surface area contributed by atoms with E-state index in [2.05, 4.69) is 39.2 Å². The third-order valence-electron chi connectivity index (χ3n) is 5.33. The van der Waals surface area contributed by atoms with Gasteiger partial charge in [-0.05, 0) is 48.0 Å². The molecule has 0 heterocycles. The lowest BCUT2D eigenvalue weighted by Crippen LogP contribution is -2.43. The van der Waals surface area contributed by atoms with E-state index in [4.69, 9.17) is 18.6 Å². The maximum atomic E-state index is 12.1.